The molecule has 14 heteroatoms. The van der Waals surface area contributed by atoms with Crippen LogP contribution in [0.4, 0.5) is 0 Å². The molecule has 6 rings (SSSR count). The third kappa shape index (κ3) is 8.01. The van der Waals surface area contributed by atoms with Crippen LogP contribution < -0.4 is 9.47 Å². The highest BCUT2D eigenvalue weighted by atomic mass is 35.5. The number of hydrogen-bond donors (Lipinski definition) is 0. The van der Waals surface area contributed by atoms with Crippen molar-refractivity contribution < 1.29 is 38.1 Å². The second kappa shape index (κ2) is 15.4. The molecule has 0 heterocycles. The first-order chi connectivity index (χ1) is 23.9. The number of carbonyl (C=O) groups excluding carboxylic acids is 4. The Labute approximate surface area is 316 Å². The van der Waals surface area contributed by atoms with Gasteiger partial charge >= 0.3 is 23.9 Å². The average Bonchev–Trinajstić information content (AvgIpc) is 4.04. The van der Waals surface area contributed by atoms with Gasteiger partial charge in [0.25, 0.3) is 0 Å². The zero-order valence-electron chi connectivity index (χ0n) is 25.6. The van der Waals surface area contributed by atoms with Crippen molar-refractivity contribution in [2.45, 2.75) is 24.7 Å². The van der Waals surface area contributed by atoms with Gasteiger partial charge in [-0.05, 0) is 47.9 Å². The molecule has 4 aromatic carbocycles. The van der Waals surface area contributed by atoms with Crippen LogP contribution in [0.5, 0.6) is 11.5 Å². The van der Waals surface area contributed by atoms with Gasteiger partial charge in [0.15, 0.2) is 11.5 Å². The summed E-state index contributed by atoms with van der Waals surface area (Å²) >= 11 is 37.6. The molecular formula is C36H24Cl6O8. The molecule has 258 valence electrons. The highest BCUT2D eigenvalue weighted by Crippen LogP contribution is 2.49. The van der Waals surface area contributed by atoms with E-state index in [-0.39, 0.29) is 67.0 Å². The molecule has 0 amide bonds. The Morgan fingerprint density at radius 2 is 0.900 bits per heavy atom. The number of halogens is 6. The van der Waals surface area contributed by atoms with E-state index < -0.39 is 46.5 Å². The molecule has 0 radical (unpaired) electrons. The summed E-state index contributed by atoms with van der Waals surface area (Å²) in [7, 11) is 0. The minimum atomic E-state index is -1.66. The van der Waals surface area contributed by atoms with Crippen LogP contribution in [0, 0.1) is 11.8 Å². The van der Waals surface area contributed by atoms with Gasteiger partial charge in [0, 0.05) is 11.8 Å². The second-order valence-corrected chi connectivity index (χ2v) is 14.1. The van der Waals surface area contributed by atoms with Gasteiger partial charge in [-0.2, -0.15) is 0 Å². The second-order valence-electron chi connectivity index (χ2n) is 11.7. The molecule has 2 saturated carbocycles. The van der Waals surface area contributed by atoms with Crippen LogP contribution in [0.1, 0.15) is 56.5 Å². The zero-order valence-corrected chi connectivity index (χ0v) is 30.1. The zero-order chi connectivity index (χ0) is 35.7. The molecule has 0 aromatic heterocycles. The van der Waals surface area contributed by atoms with E-state index in [0.717, 1.165) is 36.1 Å². The monoisotopic (exact) mass is 794 g/mol. The van der Waals surface area contributed by atoms with Crippen LogP contribution in [0.25, 0.3) is 0 Å². The summed E-state index contributed by atoms with van der Waals surface area (Å²) in [6, 6.07) is 21.7. The van der Waals surface area contributed by atoms with Gasteiger partial charge in [0.2, 0.25) is 0 Å². The molecule has 2 aliphatic carbocycles. The standard InChI is InChI=1S/C36H24Cl6O8/c37-23-13-25(39)31(27(29(23)41)33(43)47-15-19-11-21(19)17-7-3-1-4-8-17)49-35(45)36(46)50-32-26(40)14-24(38)30(42)28(32)34(44)48-16-20-12-22(20)18-9-5-2-6-10-18/h1-10,13-14,19-22H,11-12,15-16H2. The largest absolute Gasteiger partial charge is 0.462 e. The van der Waals surface area contributed by atoms with Gasteiger partial charge in [-0.25, -0.2) is 19.2 Å². The number of benzene rings is 4. The van der Waals surface area contributed by atoms with Crippen molar-refractivity contribution in [3.63, 3.8) is 0 Å². The fraction of sp³-hybridized carbons (Fsp3) is 0.222. The first kappa shape index (κ1) is 36.3. The molecule has 2 fully saturated rings. The Morgan fingerprint density at radius 1 is 0.540 bits per heavy atom. The minimum Gasteiger partial charge on any atom is -0.462 e. The maximum absolute atomic E-state index is 13.2. The molecule has 8 nitrogen and oxygen atoms in total. The van der Waals surface area contributed by atoms with E-state index in [1.165, 1.54) is 0 Å². The quantitative estimate of drug-likeness (QED) is 0.0676. The fourth-order valence-corrected chi connectivity index (χ4v) is 7.02. The summed E-state index contributed by atoms with van der Waals surface area (Å²) in [5.41, 5.74) is 1.27. The molecule has 0 N–H and O–H groups in total. The molecule has 0 saturated heterocycles. The van der Waals surface area contributed by atoms with Crippen molar-refractivity contribution in [1.29, 1.82) is 0 Å². The first-order valence-corrected chi connectivity index (χ1v) is 17.4. The lowest BCUT2D eigenvalue weighted by atomic mass is 10.1. The van der Waals surface area contributed by atoms with E-state index >= 15 is 0 Å². The van der Waals surface area contributed by atoms with Crippen LogP contribution in [0.3, 0.4) is 0 Å². The van der Waals surface area contributed by atoms with Crippen molar-refractivity contribution in [2.75, 3.05) is 13.2 Å². The van der Waals surface area contributed by atoms with Crippen LogP contribution in [-0.4, -0.2) is 37.1 Å². The van der Waals surface area contributed by atoms with E-state index in [0.29, 0.717) is 0 Å². The Bertz CT molecular complexity index is 1850. The summed E-state index contributed by atoms with van der Waals surface area (Å²) in [6.07, 6.45) is 1.60. The molecule has 4 atom stereocenters. The molecule has 2 aliphatic rings. The summed E-state index contributed by atoms with van der Waals surface area (Å²) < 4.78 is 21.4. The van der Waals surface area contributed by atoms with Crippen LogP contribution in [0.15, 0.2) is 72.8 Å². The van der Waals surface area contributed by atoms with E-state index in [1.807, 2.05) is 60.7 Å². The van der Waals surface area contributed by atoms with Gasteiger partial charge in [0.05, 0.1) is 43.3 Å². The lowest BCUT2D eigenvalue weighted by Gasteiger charge is -2.15. The van der Waals surface area contributed by atoms with E-state index in [1.54, 1.807) is 0 Å². The number of hydrogen-bond acceptors (Lipinski definition) is 8. The average molecular weight is 797 g/mol. The lowest BCUT2D eigenvalue weighted by Crippen LogP contribution is -2.27. The molecule has 0 spiro atoms. The fourth-order valence-electron chi connectivity index (χ4n) is 5.58. The van der Waals surface area contributed by atoms with Gasteiger partial charge < -0.3 is 18.9 Å². The van der Waals surface area contributed by atoms with Crippen molar-refractivity contribution in [3.05, 3.63) is 125 Å². The van der Waals surface area contributed by atoms with Gasteiger partial charge in [0.1, 0.15) is 11.1 Å². The molecule has 4 unspecified atom stereocenters. The maximum Gasteiger partial charge on any atom is 0.423 e. The van der Waals surface area contributed by atoms with Crippen LogP contribution in [0.2, 0.25) is 30.1 Å². The Morgan fingerprint density at radius 3 is 1.26 bits per heavy atom. The first-order valence-electron chi connectivity index (χ1n) is 15.2. The third-order valence-electron chi connectivity index (χ3n) is 8.38. The predicted molar refractivity (Wildman–Crippen MR) is 189 cm³/mol. The van der Waals surface area contributed by atoms with Gasteiger partial charge in [-0.3, -0.25) is 0 Å². The smallest absolute Gasteiger partial charge is 0.423 e. The van der Waals surface area contributed by atoms with Gasteiger partial charge in [-0.1, -0.05) is 130 Å². The van der Waals surface area contributed by atoms with E-state index in [2.05, 4.69) is 0 Å². The number of carbonyl (C=O) groups is 4. The van der Waals surface area contributed by atoms with Gasteiger partial charge in [-0.15, -0.1) is 0 Å². The highest BCUT2D eigenvalue weighted by Gasteiger charge is 2.41. The summed E-state index contributed by atoms with van der Waals surface area (Å²) in [5, 5.41) is -1.57. The topological polar surface area (TPSA) is 105 Å². The summed E-state index contributed by atoms with van der Waals surface area (Å²) in [6.45, 7) is 0.0767. The molecular weight excluding hydrogens is 773 g/mol. The maximum atomic E-state index is 13.2. The Balaban J connectivity index is 1.15. The molecule has 0 bridgehead atoms. The Kier molecular flexibility index (Phi) is 11.2. The summed E-state index contributed by atoms with van der Waals surface area (Å²) in [4.78, 5) is 52.6. The number of esters is 4. The lowest BCUT2D eigenvalue weighted by molar-refractivity contribution is -0.156. The van der Waals surface area contributed by atoms with E-state index in [4.69, 9.17) is 88.6 Å². The van der Waals surface area contributed by atoms with Crippen LogP contribution >= 0.6 is 69.6 Å². The highest BCUT2D eigenvalue weighted by molar-refractivity contribution is 6.47. The number of ether oxygens (including phenoxy) is 4. The summed E-state index contributed by atoms with van der Waals surface area (Å²) in [5.74, 6) is -5.94. The predicted octanol–water partition coefficient (Wildman–Crippen LogP) is 10.0. The normalized spacial score (nSPS) is 18.9. The molecule has 50 heavy (non-hydrogen) atoms. The van der Waals surface area contributed by atoms with Crippen molar-refractivity contribution >= 4 is 93.5 Å². The molecule has 4 aromatic rings. The van der Waals surface area contributed by atoms with Crippen molar-refractivity contribution in [2.24, 2.45) is 11.8 Å². The Hall–Kier alpha value is -3.50. The van der Waals surface area contributed by atoms with Crippen LogP contribution in [-0.2, 0) is 19.1 Å². The van der Waals surface area contributed by atoms with E-state index in [9.17, 15) is 19.2 Å². The minimum absolute atomic E-state index is 0.0383. The SMILES string of the molecule is O=C(Oc1c(Cl)cc(Cl)c(Cl)c1C(=O)OCC1CC1c1ccccc1)C(=O)Oc1c(Cl)cc(Cl)c(Cl)c1C(=O)OCC1CC1c1ccccc1. The molecule has 0 aliphatic heterocycles. The van der Waals surface area contributed by atoms with Crippen molar-refractivity contribution in [1.82, 2.24) is 0 Å². The number of rotatable bonds is 10. The van der Waals surface area contributed by atoms with Crippen molar-refractivity contribution in [3.8, 4) is 11.5 Å². The third-order valence-corrected chi connectivity index (χ3v) is 10.5.